The molecule has 2 N–H and O–H groups in total. The van der Waals surface area contributed by atoms with E-state index in [0.29, 0.717) is 29.4 Å². The second-order valence-corrected chi connectivity index (χ2v) is 10.7. The summed E-state index contributed by atoms with van der Waals surface area (Å²) in [6, 6.07) is 7.47. The van der Waals surface area contributed by atoms with Gasteiger partial charge < -0.3 is 20.3 Å². The van der Waals surface area contributed by atoms with Gasteiger partial charge in [0.25, 0.3) is 0 Å². The van der Waals surface area contributed by atoms with Crippen LogP contribution in [0.2, 0.25) is 0 Å². The highest BCUT2D eigenvalue weighted by Gasteiger charge is 2.37. The van der Waals surface area contributed by atoms with Gasteiger partial charge in [-0.05, 0) is 42.8 Å². The molecule has 240 valence electrons. The van der Waals surface area contributed by atoms with E-state index in [2.05, 4.69) is 43.9 Å². The summed E-state index contributed by atoms with van der Waals surface area (Å²) in [4.78, 5) is 31.3. The van der Waals surface area contributed by atoms with Gasteiger partial charge in [0.15, 0.2) is 5.82 Å². The van der Waals surface area contributed by atoms with Crippen LogP contribution in [0.4, 0.5) is 46.3 Å². The number of hydrogen-bond donors (Lipinski definition) is 2. The zero-order valence-electron chi connectivity index (χ0n) is 25.0. The number of carbonyl (C=O) groups is 1. The molecule has 10 nitrogen and oxygen atoms in total. The number of ether oxygens (including phenoxy) is 1. The third kappa shape index (κ3) is 7.28. The van der Waals surface area contributed by atoms with E-state index in [-0.39, 0.29) is 23.9 Å². The normalized spacial score (nSPS) is 17.3. The van der Waals surface area contributed by atoms with Crippen molar-refractivity contribution in [1.82, 2.24) is 14.9 Å². The van der Waals surface area contributed by atoms with Crippen LogP contribution in [0.1, 0.15) is 36.9 Å². The van der Waals surface area contributed by atoms with Crippen molar-refractivity contribution in [3.8, 4) is 5.75 Å². The monoisotopic (exact) mass is 629 g/mol. The smallest absolute Gasteiger partial charge is 0.419 e. The molecule has 0 radical (unpaired) electrons. The highest BCUT2D eigenvalue weighted by Crippen LogP contribution is 2.41. The SMILES string of the molecule is C=CC(=O)Nc1cc(Nc2cc(N3OCCC3c3ccc(F)c(C(F)(F)F)c3)ncn2)c(OC)cc1N1CCN(CCC)CC1. The Morgan fingerprint density at radius 2 is 1.91 bits per heavy atom. The van der Waals surface area contributed by atoms with Crippen LogP contribution in [-0.4, -0.2) is 67.2 Å². The Labute approximate surface area is 258 Å². The van der Waals surface area contributed by atoms with E-state index in [4.69, 9.17) is 9.57 Å². The molecule has 0 aliphatic carbocycles. The van der Waals surface area contributed by atoms with Crippen LogP contribution >= 0.6 is 0 Å². The Morgan fingerprint density at radius 3 is 2.60 bits per heavy atom. The lowest BCUT2D eigenvalue weighted by Gasteiger charge is -2.37. The molecule has 1 aromatic heterocycles. The molecule has 0 bridgehead atoms. The van der Waals surface area contributed by atoms with Crippen LogP contribution < -0.4 is 25.3 Å². The molecule has 3 heterocycles. The topological polar surface area (TPSA) is 95.1 Å². The van der Waals surface area contributed by atoms with Crippen LogP contribution in [0.25, 0.3) is 0 Å². The number of nitrogens with zero attached hydrogens (tertiary/aromatic N) is 5. The molecule has 2 aliphatic rings. The molecule has 0 saturated carbocycles. The molecular formula is C31H35F4N7O3. The van der Waals surface area contributed by atoms with E-state index in [1.165, 1.54) is 30.6 Å². The molecule has 1 amide bonds. The van der Waals surface area contributed by atoms with Gasteiger partial charge in [0.2, 0.25) is 5.91 Å². The molecule has 2 aliphatic heterocycles. The number of alkyl halides is 3. The minimum Gasteiger partial charge on any atom is -0.494 e. The van der Waals surface area contributed by atoms with Gasteiger partial charge in [0.05, 0.1) is 42.4 Å². The molecule has 0 spiro atoms. The maximum Gasteiger partial charge on any atom is 0.419 e. The average Bonchev–Trinajstić information content (AvgIpc) is 3.52. The van der Waals surface area contributed by atoms with Crippen molar-refractivity contribution in [3.63, 3.8) is 0 Å². The summed E-state index contributed by atoms with van der Waals surface area (Å²) >= 11 is 0. The van der Waals surface area contributed by atoms with Crippen molar-refractivity contribution in [2.45, 2.75) is 32.0 Å². The van der Waals surface area contributed by atoms with E-state index in [0.717, 1.165) is 57.0 Å². The van der Waals surface area contributed by atoms with Gasteiger partial charge in [-0.2, -0.15) is 13.2 Å². The van der Waals surface area contributed by atoms with E-state index >= 15 is 0 Å². The van der Waals surface area contributed by atoms with E-state index in [9.17, 15) is 22.4 Å². The van der Waals surface area contributed by atoms with Crippen LogP contribution in [0, 0.1) is 5.82 Å². The molecule has 45 heavy (non-hydrogen) atoms. The Kier molecular flexibility index (Phi) is 9.73. The fourth-order valence-corrected chi connectivity index (χ4v) is 5.55. The zero-order chi connectivity index (χ0) is 32.1. The molecular weight excluding hydrogens is 594 g/mol. The van der Waals surface area contributed by atoms with Gasteiger partial charge >= 0.3 is 6.18 Å². The van der Waals surface area contributed by atoms with Crippen LogP contribution in [0.3, 0.4) is 0 Å². The second-order valence-electron chi connectivity index (χ2n) is 10.7. The molecule has 1 unspecified atom stereocenters. The number of benzene rings is 2. The minimum atomic E-state index is -4.83. The fraction of sp³-hybridized carbons (Fsp3) is 0.387. The maximum atomic E-state index is 14.0. The van der Waals surface area contributed by atoms with Gasteiger partial charge in [-0.3, -0.25) is 14.5 Å². The summed E-state index contributed by atoms with van der Waals surface area (Å²) in [7, 11) is 1.54. The summed E-state index contributed by atoms with van der Waals surface area (Å²) < 4.78 is 59.8. The number of piperazine rings is 1. The van der Waals surface area contributed by atoms with Gasteiger partial charge in [0.1, 0.15) is 23.7 Å². The fourth-order valence-electron chi connectivity index (χ4n) is 5.55. The van der Waals surface area contributed by atoms with Crippen LogP contribution in [0.5, 0.6) is 5.75 Å². The lowest BCUT2D eigenvalue weighted by atomic mass is 10.0. The highest BCUT2D eigenvalue weighted by atomic mass is 19.4. The van der Waals surface area contributed by atoms with Gasteiger partial charge in [-0.15, -0.1) is 0 Å². The first kappa shape index (κ1) is 32.0. The first-order valence-electron chi connectivity index (χ1n) is 14.6. The van der Waals surface area contributed by atoms with Gasteiger partial charge in [0, 0.05) is 44.7 Å². The Morgan fingerprint density at radius 1 is 1.13 bits per heavy atom. The summed E-state index contributed by atoms with van der Waals surface area (Å²) in [6.07, 6.45) is -0.903. The predicted octanol–water partition coefficient (Wildman–Crippen LogP) is 5.93. The van der Waals surface area contributed by atoms with Crippen molar-refractivity contribution in [1.29, 1.82) is 0 Å². The summed E-state index contributed by atoms with van der Waals surface area (Å²) in [5.74, 6) is -0.585. The first-order valence-corrected chi connectivity index (χ1v) is 14.6. The first-order chi connectivity index (χ1) is 21.6. The van der Waals surface area contributed by atoms with Crippen molar-refractivity contribution in [2.24, 2.45) is 0 Å². The number of rotatable bonds is 10. The molecule has 2 fully saturated rings. The third-order valence-corrected chi connectivity index (χ3v) is 7.74. The number of halogens is 4. The number of methoxy groups -OCH3 is 1. The summed E-state index contributed by atoms with van der Waals surface area (Å²) in [5, 5.41) is 7.50. The number of amides is 1. The number of anilines is 5. The van der Waals surface area contributed by atoms with Gasteiger partial charge in [-0.1, -0.05) is 19.6 Å². The summed E-state index contributed by atoms with van der Waals surface area (Å²) in [5.41, 5.74) is 0.764. The number of aromatic nitrogens is 2. The Hall–Kier alpha value is -4.43. The standard InChI is InChI=1S/C31H35F4N7O3/c1-4-9-40-10-12-41(13-11-40)26-17-27(44-3)24(16-23(26)39-30(43)5-2)38-28-18-29(37-19-36-28)42-25(8-14-45-42)20-6-7-22(32)21(15-20)31(33,34)35/h5-7,15-19,25H,2,4,8-14H2,1,3H3,(H,39,43)(H,36,37,38). The average molecular weight is 630 g/mol. The summed E-state index contributed by atoms with van der Waals surface area (Å²) in [6.45, 7) is 10.3. The van der Waals surface area contributed by atoms with E-state index < -0.39 is 23.6 Å². The Bertz CT molecular complexity index is 1530. The molecule has 2 saturated heterocycles. The van der Waals surface area contributed by atoms with Crippen LogP contribution in [-0.2, 0) is 15.8 Å². The largest absolute Gasteiger partial charge is 0.494 e. The molecule has 5 rings (SSSR count). The minimum absolute atomic E-state index is 0.227. The molecule has 3 aromatic rings. The highest BCUT2D eigenvalue weighted by molar-refractivity contribution is 6.02. The van der Waals surface area contributed by atoms with E-state index in [1.807, 2.05) is 6.07 Å². The van der Waals surface area contributed by atoms with Crippen molar-refractivity contribution < 1.29 is 31.9 Å². The maximum absolute atomic E-state index is 14.0. The lowest BCUT2D eigenvalue weighted by molar-refractivity contribution is -0.140. The predicted molar refractivity (Wildman–Crippen MR) is 163 cm³/mol. The molecule has 2 aromatic carbocycles. The quantitative estimate of drug-likeness (QED) is 0.209. The van der Waals surface area contributed by atoms with Crippen LogP contribution in [0.15, 0.2) is 55.4 Å². The van der Waals surface area contributed by atoms with E-state index in [1.54, 1.807) is 12.1 Å². The lowest BCUT2D eigenvalue weighted by Crippen LogP contribution is -2.46. The Balaban J connectivity index is 1.42. The number of nitrogens with one attached hydrogen (secondary N) is 2. The van der Waals surface area contributed by atoms with Crippen molar-refractivity contribution in [2.75, 3.05) is 67.0 Å². The number of hydroxylamine groups is 1. The van der Waals surface area contributed by atoms with Gasteiger partial charge in [-0.25, -0.2) is 19.4 Å². The third-order valence-electron chi connectivity index (χ3n) is 7.74. The number of carbonyl (C=O) groups excluding carboxylic acids is 1. The zero-order valence-corrected chi connectivity index (χ0v) is 25.0. The van der Waals surface area contributed by atoms with Crippen molar-refractivity contribution in [3.05, 3.63) is 72.3 Å². The van der Waals surface area contributed by atoms with Crippen molar-refractivity contribution >= 4 is 34.6 Å². The molecule has 1 atom stereocenters. The molecule has 14 heteroatoms. The number of hydrogen-bond acceptors (Lipinski definition) is 9. The second kappa shape index (κ2) is 13.7.